The van der Waals surface area contributed by atoms with Gasteiger partial charge in [0.2, 0.25) is 11.8 Å². The first-order chi connectivity index (χ1) is 10.1. The SMILES string of the molecule is O=C1CN(N=Cc2ncc(-c3ccc(Cl)cc3)o2)C(=O)N1. The summed E-state index contributed by atoms with van der Waals surface area (Å²) in [5, 5.41) is 7.58. The Morgan fingerprint density at radius 3 is 2.76 bits per heavy atom. The zero-order chi connectivity index (χ0) is 14.8. The smallest absolute Gasteiger partial charge is 0.344 e. The topological polar surface area (TPSA) is 87.8 Å². The Labute approximate surface area is 124 Å². The van der Waals surface area contributed by atoms with Gasteiger partial charge < -0.3 is 4.42 Å². The number of hydrazone groups is 1. The fourth-order valence-electron chi connectivity index (χ4n) is 1.74. The number of urea groups is 1. The van der Waals surface area contributed by atoms with E-state index < -0.39 is 11.9 Å². The van der Waals surface area contributed by atoms with Crippen LogP contribution in [0.2, 0.25) is 5.02 Å². The standard InChI is InChI=1S/C13H9ClN4O3/c14-9-3-1-8(2-4-9)10-5-15-12(21-10)6-16-18-7-11(19)17-13(18)20/h1-6H,7H2,(H,17,19,20). The minimum absolute atomic E-state index is 0.111. The van der Waals surface area contributed by atoms with Gasteiger partial charge in [0, 0.05) is 10.6 Å². The Morgan fingerprint density at radius 1 is 1.33 bits per heavy atom. The molecule has 0 bridgehead atoms. The molecule has 1 aliphatic heterocycles. The molecule has 0 aliphatic carbocycles. The number of imide groups is 1. The number of halogens is 1. The summed E-state index contributed by atoms with van der Waals surface area (Å²) < 4.78 is 5.48. The lowest BCUT2D eigenvalue weighted by Crippen LogP contribution is -2.24. The van der Waals surface area contributed by atoms with Gasteiger partial charge in [0.1, 0.15) is 12.8 Å². The molecule has 8 heteroatoms. The lowest BCUT2D eigenvalue weighted by molar-refractivity contribution is -0.118. The summed E-state index contributed by atoms with van der Waals surface area (Å²) in [4.78, 5) is 26.3. The van der Waals surface area contributed by atoms with Crippen LogP contribution < -0.4 is 5.32 Å². The van der Waals surface area contributed by atoms with Crippen LogP contribution in [-0.2, 0) is 4.79 Å². The van der Waals surface area contributed by atoms with Crippen LogP contribution in [0.15, 0.2) is 40.0 Å². The van der Waals surface area contributed by atoms with Crippen LogP contribution in [-0.4, -0.2) is 34.7 Å². The van der Waals surface area contributed by atoms with Gasteiger partial charge in [-0.2, -0.15) is 5.10 Å². The summed E-state index contributed by atoms with van der Waals surface area (Å²) in [7, 11) is 0. The molecule has 1 N–H and O–H groups in total. The highest BCUT2D eigenvalue weighted by molar-refractivity contribution is 6.30. The summed E-state index contributed by atoms with van der Waals surface area (Å²) in [6.07, 6.45) is 2.82. The van der Waals surface area contributed by atoms with Crippen molar-refractivity contribution in [3.05, 3.63) is 41.4 Å². The van der Waals surface area contributed by atoms with Crippen LogP contribution in [0.25, 0.3) is 11.3 Å². The number of amides is 3. The molecule has 0 atom stereocenters. The van der Waals surface area contributed by atoms with E-state index in [-0.39, 0.29) is 12.4 Å². The molecule has 1 aromatic carbocycles. The van der Waals surface area contributed by atoms with E-state index >= 15 is 0 Å². The van der Waals surface area contributed by atoms with Gasteiger partial charge in [-0.15, -0.1) is 0 Å². The molecule has 1 aliphatic rings. The van der Waals surface area contributed by atoms with E-state index in [0.29, 0.717) is 10.8 Å². The van der Waals surface area contributed by atoms with Crippen LogP contribution in [0.5, 0.6) is 0 Å². The van der Waals surface area contributed by atoms with Gasteiger partial charge in [-0.3, -0.25) is 10.1 Å². The van der Waals surface area contributed by atoms with Crippen LogP contribution in [0.4, 0.5) is 4.79 Å². The van der Waals surface area contributed by atoms with Crippen molar-refractivity contribution in [2.24, 2.45) is 5.10 Å². The van der Waals surface area contributed by atoms with Gasteiger partial charge in [0.05, 0.1) is 6.20 Å². The number of nitrogens with one attached hydrogen (secondary N) is 1. The Morgan fingerprint density at radius 2 is 2.10 bits per heavy atom. The highest BCUT2D eigenvalue weighted by atomic mass is 35.5. The molecular formula is C13H9ClN4O3. The highest BCUT2D eigenvalue weighted by Crippen LogP contribution is 2.21. The zero-order valence-corrected chi connectivity index (χ0v) is 11.4. The van der Waals surface area contributed by atoms with E-state index in [4.69, 9.17) is 16.0 Å². The second-order valence-corrected chi connectivity index (χ2v) is 4.66. The largest absolute Gasteiger partial charge is 0.435 e. The van der Waals surface area contributed by atoms with E-state index in [0.717, 1.165) is 10.6 Å². The quantitative estimate of drug-likeness (QED) is 0.692. The van der Waals surface area contributed by atoms with Crippen molar-refractivity contribution in [2.45, 2.75) is 0 Å². The molecule has 1 fully saturated rings. The normalized spacial score (nSPS) is 15.0. The number of benzene rings is 1. The van der Waals surface area contributed by atoms with Gasteiger partial charge in [-0.1, -0.05) is 11.6 Å². The Bertz CT molecular complexity index is 723. The number of carbonyl (C=O) groups excluding carboxylic acids is 2. The molecule has 0 radical (unpaired) electrons. The number of oxazole rings is 1. The molecule has 2 heterocycles. The maximum Gasteiger partial charge on any atom is 0.344 e. The molecule has 0 saturated carbocycles. The second-order valence-electron chi connectivity index (χ2n) is 4.23. The number of nitrogens with zero attached hydrogens (tertiary/aromatic N) is 3. The average Bonchev–Trinajstić information content (AvgIpc) is 3.04. The third-order valence-electron chi connectivity index (χ3n) is 2.73. The van der Waals surface area contributed by atoms with Crippen molar-refractivity contribution < 1.29 is 14.0 Å². The minimum atomic E-state index is -0.569. The van der Waals surface area contributed by atoms with Gasteiger partial charge in [0.25, 0.3) is 0 Å². The van der Waals surface area contributed by atoms with Gasteiger partial charge in [-0.25, -0.2) is 14.8 Å². The number of hydrogen-bond donors (Lipinski definition) is 1. The van der Waals surface area contributed by atoms with E-state index in [1.165, 1.54) is 6.21 Å². The number of hydrogen-bond acceptors (Lipinski definition) is 5. The van der Waals surface area contributed by atoms with Crippen LogP contribution in [0, 0.1) is 0 Å². The molecule has 0 spiro atoms. The average molecular weight is 305 g/mol. The van der Waals surface area contributed by atoms with Crippen LogP contribution in [0.1, 0.15) is 5.89 Å². The summed E-state index contributed by atoms with van der Waals surface area (Å²) in [5.41, 5.74) is 0.820. The molecule has 1 saturated heterocycles. The lowest BCUT2D eigenvalue weighted by atomic mass is 10.2. The maximum atomic E-state index is 11.3. The first-order valence-corrected chi connectivity index (χ1v) is 6.37. The maximum absolute atomic E-state index is 11.3. The lowest BCUT2D eigenvalue weighted by Gasteiger charge is -2.02. The van der Waals surface area contributed by atoms with E-state index in [2.05, 4.69) is 15.4 Å². The summed E-state index contributed by atoms with van der Waals surface area (Å²) in [6.45, 7) is -0.111. The molecule has 7 nitrogen and oxygen atoms in total. The molecule has 3 amide bonds. The first kappa shape index (κ1) is 13.3. The molecule has 3 rings (SSSR count). The van der Waals surface area contributed by atoms with Crippen LogP contribution >= 0.6 is 11.6 Å². The number of rotatable bonds is 3. The molecule has 1 aromatic heterocycles. The van der Waals surface area contributed by atoms with Gasteiger partial charge >= 0.3 is 6.03 Å². The molecular weight excluding hydrogens is 296 g/mol. The second kappa shape index (κ2) is 5.37. The van der Waals surface area contributed by atoms with Crippen molar-refractivity contribution in [3.8, 4) is 11.3 Å². The van der Waals surface area contributed by atoms with Crippen molar-refractivity contribution in [1.29, 1.82) is 0 Å². The minimum Gasteiger partial charge on any atom is -0.435 e. The number of carbonyl (C=O) groups is 2. The molecule has 106 valence electrons. The monoisotopic (exact) mass is 304 g/mol. The molecule has 2 aromatic rings. The van der Waals surface area contributed by atoms with Crippen molar-refractivity contribution in [3.63, 3.8) is 0 Å². The highest BCUT2D eigenvalue weighted by Gasteiger charge is 2.26. The predicted octanol–water partition coefficient (Wildman–Crippen LogP) is 1.88. The van der Waals surface area contributed by atoms with Crippen molar-refractivity contribution in [2.75, 3.05) is 6.54 Å². The number of aromatic nitrogens is 1. The Balaban J connectivity index is 1.75. The van der Waals surface area contributed by atoms with E-state index in [1.54, 1.807) is 30.5 Å². The predicted molar refractivity (Wildman–Crippen MR) is 74.8 cm³/mol. The third kappa shape index (κ3) is 2.92. The van der Waals surface area contributed by atoms with Crippen molar-refractivity contribution >= 4 is 29.8 Å². The fourth-order valence-corrected chi connectivity index (χ4v) is 1.86. The fraction of sp³-hybridized carbons (Fsp3) is 0.0769. The summed E-state index contributed by atoms with van der Waals surface area (Å²) in [5.74, 6) is 0.383. The van der Waals surface area contributed by atoms with Gasteiger partial charge in [0.15, 0.2) is 5.76 Å². The van der Waals surface area contributed by atoms with Crippen LogP contribution in [0.3, 0.4) is 0 Å². The summed E-state index contributed by atoms with van der Waals surface area (Å²) in [6, 6.07) is 6.52. The Hall–Kier alpha value is -2.67. The first-order valence-electron chi connectivity index (χ1n) is 5.99. The molecule has 0 unspecified atom stereocenters. The zero-order valence-electron chi connectivity index (χ0n) is 10.6. The Kier molecular flexibility index (Phi) is 3.41. The van der Waals surface area contributed by atoms with Crippen molar-refractivity contribution in [1.82, 2.24) is 15.3 Å². The third-order valence-corrected chi connectivity index (χ3v) is 2.99. The van der Waals surface area contributed by atoms with E-state index in [9.17, 15) is 9.59 Å². The molecule has 21 heavy (non-hydrogen) atoms. The van der Waals surface area contributed by atoms with Gasteiger partial charge in [-0.05, 0) is 24.3 Å². The van der Waals surface area contributed by atoms with E-state index in [1.807, 2.05) is 0 Å². The summed E-state index contributed by atoms with van der Waals surface area (Å²) >= 11 is 5.81.